The van der Waals surface area contributed by atoms with Crippen LogP contribution in [0.25, 0.3) is 0 Å². The molecule has 0 aromatic heterocycles. The zero-order valence-electron chi connectivity index (χ0n) is 14.9. The average Bonchev–Trinajstić information content (AvgIpc) is 2.85. The van der Waals surface area contributed by atoms with Crippen molar-refractivity contribution in [2.24, 2.45) is 5.92 Å². The molecule has 0 aromatic rings. The Hall–Kier alpha value is -1.12. The zero-order chi connectivity index (χ0) is 16.8. The Bertz CT molecular complexity index is 360. The highest BCUT2D eigenvalue weighted by atomic mass is 16.6. The van der Waals surface area contributed by atoms with Gasteiger partial charge in [0, 0.05) is 0 Å². The van der Waals surface area contributed by atoms with E-state index in [4.69, 9.17) is 0 Å². The molecule has 0 bridgehead atoms. The van der Waals surface area contributed by atoms with Crippen molar-refractivity contribution in [2.45, 2.75) is 96.8 Å². The van der Waals surface area contributed by atoms with E-state index in [9.17, 15) is 9.59 Å². The summed E-state index contributed by atoms with van der Waals surface area (Å²) in [6, 6.07) is 0. The van der Waals surface area contributed by atoms with Crippen molar-refractivity contribution in [3.8, 4) is 0 Å². The molecule has 0 radical (unpaired) electrons. The minimum Gasteiger partial charge on any atom is -0.393 e. The van der Waals surface area contributed by atoms with Crippen LogP contribution in [-0.2, 0) is 14.3 Å². The van der Waals surface area contributed by atoms with Gasteiger partial charge in [0.1, 0.15) is 0 Å². The van der Waals surface area contributed by atoms with Crippen molar-refractivity contribution in [3.05, 3.63) is 12.2 Å². The van der Waals surface area contributed by atoms with Gasteiger partial charge in [0.15, 0.2) is 0 Å². The maximum Gasteiger partial charge on any atom is 0.317 e. The number of rotatable bonds is 14. The first kappa shape index (κ1) is 19.9. The summed E-state index contributed by atoms with van der Waals surface area (Å²) in [5.41, 5.74) is 0. The van der Waals surface area contributed by atoms with Crippen LogP contribution in [0.15, 0.2) is 12.2 Å². The van der Waals surface area contributed by atoms with E-state index in [-0.39, 0.29) is 24.3 Å². The number of esters is 2. The normalized spacial score (nSPS) is 18.0. The number of hydrogen-bond donors (Lipinski definition) is 0. The number of cyclic esters (lactones) is 2. The van der Waals surface area contributed by atoms with Gasteiger partial charge in [0.05, 0.1) is 12.3 Å². The summed E-state index contributed by atoms with van der Waals surface area (Å²) in [5, 5.41) is 0. The predicted octanol–water partition coefficient (Wildman–Crippen LogP) is 5.72. The van der Waals surface area contributed by atoms with Gasteiger partial charge in [-0.05, 0) is 25.7 Å². The fourth-order valence-electron chi connectivity index (χ4n) is 3.02. The van der Waals surface area contributed by atoms with Gasteiger partial charge >= 0.3 is 11.9 Å². The van der Waals surface area contributed by atoms with Gasteiger partial charge in [0.25, 0.3) is 0 Å². The average molecular weight is 322 g/mol. The number of unbranched alkanes of at least 4 members (excludes halogenated alkanes) is 10. The topological polar surface area (TPSA) is 43.4 Å². The van der Waals surface area contributed by atoms with Crippen LogP contribution in [0, 0.1) is 5.92 Å². The van der Waals surface area contributed by atoms with E-state index in [1.807, 2.05) is 0 Å². The molecule has 1 atom stereocenters. The van der Waals surface area contributed by atoms with E-state index < -0.39 is 0 Å². The number of carbonyl (C=O) groups excluding carboxylic acids is 2. The summed E-state index contributed by atoms with van der Waals surface area (Å²) in [7, 11) is 0. The highest BCUT2D eigenvalue weighted by molar-refractivity contribution is 5.94. The fourth-order valence-corrected chi connectivity index (χ4v) is 3.02. The first-order valence-corrected chi connectivity index (χ1v) is 9.63. The highest BCUT2D eigenvalue weighted by Crippen LogP contribution is 2.21. The van der Waals surface area contributed by atoms with Crippen molar-refractivity contribution in [1.29, 1.82) is 0 Å². The standard InChI is InChI=1S/C20H34O3/c1-2-3-4-5-6-7-8-9-10-11-12-13-14-15-16-18-17-19(21)23-20(18)22/h13-14,18H,2-12,15-17H2,1H3. The molecule has 0 amide bonds. The summed E-state index contributed by atoms with van der Waals surface area (Å²) in [6.45, 7) is 2.26. The van der Waals surface area contributed by atoms with E-state index in [1.54, 1.807) is 0 Å². The summed E-state index contributed by atoms with van der Waals surface area (Å²) in [4.78, 5) is 22.2. The molecule has 1 aliphatic rings. The van der Waals surface area contributed by atoms with Crippen molar-refractivity contribution < 1.29 is 14.3 Å². The van der Waals surface area contributed by atoms with Gasteiger partial charge in [0.2, 0.25) is 0 Å². The molecular formula is C20H34O3. The molecule has 0 N–H and O–H groups in total. The molecule has 0 saturated carbocycles. The van der Waals surface area contributed by atoms with Gasteiger partial charge < -0.3 is 4.74 Å². The lowest BCUT2D eigenvalue weighted by Gasteiger charge is -2.01. The van der Waals surface area contributed by atoms with Crippen molar-refractivity contribution in [2.75, 3.05) is 0 Å². The molecule has 1 fully saturated rings. The molecule has 0 aliphatic carbocycles. The van der Waals surface area contributed by atoms with Crippen LogP contribution in [-0.4, -0.2) is 11.9 Å². The highest BCUT2D eigenvalue weighted by Gasteiger charge is 2.32. The fraction of sp³-hybridized carbons (Fsp3) is 0.800. The second kappa shape index (κ2) is 13.3. The van der Waals surface area contributed by atoms with Crippen molar-refractivity contribution in [1.82, 2.24) is 0 Å². The molecule has 132 valence electrons. The summed E-state index contributed by atoms with van der Waals surface area (Å²) < 4.78 is 4.54. The third-order valence-corrected chi connectivity index (χ3v) is 4.53. The van der Waals surface area contributed by atoms with Gasteiger partial charge in [-0.1, -0.05) is 76.9 Å². The predicted molar refractivity (Wildman–Crippen MR) is 94.0 cm³/mol. The smallest absolute Gasteiger partial charge is 0.317 e. The third kappa shape index (κ3) is 10.3. The molecule has 1 rings (SSSR count). The Morgan fingerprint density at radius 1 is 0.870 bits per heavy atom. The molecule has 1 saturated heterocycles. The number of carbonyl (C=O) groups is 2. The lowest BCUT2D eigenvalue weighted by molar-refractivity contribution is -0.153. The first-order chi connectivity index (χ1) is 11.2. The number of ether oxygens (including phenoxy) is 1. The monoisotopic (exact) mass is 322 g/mol. The van der Waals surface area contributed by atoms with Crippen molar-refractivity contribution in [3.63, 3.8) is 0 Å². The first-order valence-electron chi connectivity index (χ1n) is 9.63. The Labute approximate surface area is 141 Å². The second-order valence-electron chi connectivity index (χ2n) is 6.71. The van der Waals surface area contributed by atoms with Gasteiger partial charge in [-0.3, -0.25) is 9.59 Å². The van der Waals surface area contributed by atoms with Crippen LogP contribution in [0.2, 0.25) is 0 Å². The maximum atomic E-state index is 11.3. The van der Waals surface area contributed by atoms with E-state index in [2.05, 4.69) is 23.8 Å². The molecule has 3 nitrogen and oxygen atoms in total. The van der Waals surface area contributed by atoms with Gasteiger partial charge in [-0.15, -0.1) is 0 Å². The molecule has 3 heteroatoms. The quantitative estimate of drug-likeness (QED) is 0.178. The molecule has 1 unspecified atom stereocenters. The van der Waals surface area contributed by atoms with Crippen LogP contribution in [0.4, 0.5) is 0 Å². The molecule has 1 aliphatic heterocycles. The third-order valence-electron chi connectivity index (χ3n) is 4.53. The SMILES string of the molecule is CCCCCCCCCCCCC=CCCC1CC(=O)OC1=O. The minimum atomic E-state index is -0.366. The zero-order valence-corrected chi connectivity index (χ0v) is 14.9. The molecular weight excluding hydrogens is 288 g/mol. The Balaban J connectivity index is 1.82. The number of hydrogen-bond acceptors (Lipinski definition) is 3. The maximum absolute atomic E-state index is 11.3. The van der Waals surface area contributed by atoms with Crippen LogP contribution in [0.5, 0.6) is 0 Å². The lowest BCUT2D eigenvalue weighted by atomic mass is 10.0. The second-order valence-corrected chi connectivity index (χ2v) is 6.71. The Morgan fingerprint density at radius 2 is 1.43 bits per heavy atom. The number of allylic oxidation sites excluding steroid dienone is 2. The summed E-state index contributed by atoms with van der Waals surface area (Å²) in [5.74, 6) is -0.906. The Kier molecular flexibility index (Phi) is 11.5. The molecule has 1 heterocycles. The summed E-state index contributed by atoms with van der Waals surface area (Å²) in [6.07, 6.45) is 21.0. The van der Waals surface area contributed by atoms with Crippen LogP contribution in [0.3, 0.4) is 0 Å². The molecule has 23 heavy (non-hydrogen) atoms. The van der Waals surface area contributed by atoms with E-state index in [1.165, 1.54) is 64.2 Å². The van der Waals surface area contributed by atoms with E-state index in [0.29, 0.717) is 0 Å². The largest absolute Gasteiger partial charge is 0.393 e. The summed E-state index contributed by atoms with van der Waals surface area (Å²) >= 11 is 0. The molecule has 0 spiro atoms. The Morgan fingerprint density at radius 3 is 2.00 bits per heavy atom. The van der Waals surface area contributed by atoms with Gasteiger partial charge in [-0.2, -0.15) is 0 Å². The van der Waals surface area contributed by atoms with Crippen molar-refractivity contribution >= 4 is 11.9 Å². The lowest BCUT2D eigenvalue weighted by Crippen LogP contribution is -2.06. The van der Waals surface area contributed by atoms with E-state index >= 15 is 0 Å². The van der Waals surface area contributed by atoms with Crippen LogP contribution in [0.1, 0.15) is 96.8 Å². The minimum absolute atomic E-state index is 0.204. The van der Waals surface area contributed by atoms with E-state index in [0.717, 1.165) is 19.3 Å². The van der Waals surface area contributed by atoms with Gasteiger partial charge in [-0.25, -0.2) is 0 Å². The van der Waals surface area contributed by atoms with Crippen LogP contribution < -0.4 is 0 Å². The van der Waals surface area contributed by atoms with Crippen LogP contribution >= 0.6 is 0 Å². The molecule has 0 aromatic carbocycles.